The van der Waals surface area contributed by atoms with Gasteiger partial charge in [-0.2, -0.15) is 4.98 Å². The number of ether oxygens (including phenoxy) is 1. The van der Waals surface area contributed by atoms with Crippen molar-refractivity contribution >= 4 is 11.2 Å². The molecular formula is C23H25FN4O4. The van der Waals surface area contributed by atoms with E-state index < -0.39 is 17.1 Å². The summed E-state index contributed by atoms with van der Waals surface area (Å²) in [5.74, 6) is -0.964. The molecule has 1 N–H and O–H groups in total. The molecule has 2 heterocycles. The molecule has 168 valence electrons. The lowest BCUT2D eigenvalue weighted by Crippen LogP contribution is -2.39. The van der Waals surface area contributed by atoms with E-state index in [2.05, 4.69) is 18.1 Å². The molecule has 0 bridgehead atoms. The van der Waals surface area contributed by atoms with E-state index in [0.29, 0.717) is 0 Å². The van der Waals surface area contributed by atoms with E-state index in [1.54, 1.807) is 0 Å². The standard InChI is InChI=1S/C23H25FN4O4/c1-5-17(24)18(6-2)32-22-25-20-19(28(22)14-16-10-8-15(3)9-11-16)21(30)27(12-7-13-29)23(31)26(20)4/h5-6,8-11,29H,1-2,7,12-14H2,3-4H3/b18-17-. The minimum Gasteiger partial charge on any atom is -0.422 e. The number of aryl methyl sites for hydroxylation is 2. The molecule has 9 heteroatoms. The SMILES string of the molecule is C=C/C(F)=C(\C=C)Oc1nc2c(c(=O)n(CCCO)c(=O)n2C)n1Cc1ccc(C)cc1. The van der Waals surface area contributed by atoms with Gasteiger partial charge in [0.05, 0.1) is 6.54 Å². The van der Waals surface area contributed by atoms with E-state index in [9.17, 15) is 14.0 Å². The molecule has 0 radical (unpaired) electrons. The highest BCUT2D eigenvalue weighted by Crippen LogP contribution is 2.23. The highest BCUT2D eigenvalue weighted by Gasteiger charge is 2.22. The zero-order valence-corrected chi connectivity index (χ0v) is 18.0. The van der Waals surface area contributed by atoms with Gasteiger partial charge in [0, 0.05) is 20.2 Å². The van der Waals surface area contributed by atoms with E-state index in [0.717, 1.165) is 21.8 Å². The number of rotatable bonds is 9. The second-order valence-corrected chi connectivity index (χ2v) is 7.24. The molecule has 0 aliphatic rings. The second-order valence-electron chi connectivity index (χ2n) is 7.24. The van der Waals surface area contributed by atoms with Crippen LogP contribution >= 0.6 is 0 Å². The monoisotopic (exact) mass is 440 g/mol. The molecule has 0 aliphatic heterocycles. The number of fused-ring (bicyclic) bond motifs is 1. The molecule has 0 saturated carbocycles. The van der Waals surface area contributed by atoms with Crippen LogP contribution in [0, 0.1) is 6.92 Å². The lowest BCUT2D eigenvalue weighted by molar-refractivity contribution is 0.277. The Morgan fingerprint density at radius 1 is 1.19 bits per heavy atom. The molecular weight excluding hydrogens is 415 g/mol. The molecule has 0 fully saturated rings. The first kappa shape index (κ1) is 23.0. The fourth-order valence-corrected chi connectivity index (χ4v) is 3.27. The molecule has 0 atom stereocenters. The van der Waals surface area contributed by atoms with Crippen LogP contribution in [-0.4, -0.2) is 30.4 Å². The third-order valence-electron chi connectivity index (χ3n) is 5.00. The lowest BCUT2D eigenvalue weighted by Gasteiger charge is -2.12. The first-order valence-electron chi connectivity index (χ1n) is 10.0. The van der Waals surface area contributed by atoms with Gasteiger partial charge in [-0.15, -0.1) is 0 Å². The van der Waals surface area contributed by atoms with Crippen LogP contribution in [0.3, 0.4) is 0 Å². The zero-order valence-electron chi connectivity index (χ0n) is 18.0. The van der Waals surface area contributed by atoms with Crippen molar-refractivity contribution in [3.05, 3.63) is 93.1 Å². The summed E-state index contributed by atoms with van der Waals surface area (Å²) in [4.78, 5) is 30.3. The van der Waals surface area contributed by atoms with E-state index in [4.69, 9.17) is 9.84 Å². The Hall–Kier alpha value is -3.72. The number of allylic oxidation sites excluding steroid dienone is 3. The third kappa shape index (κ3) is 4.33. The predicted octanol–water partition coefficient (Wildman–Crippen LogP) is 2.57. The Morgan fingerprint density at radius 2 is 1.88 bits per heavy atom. The van der Waals surface area contributed by atoms with Gasteiger partial charge in [-0.05, 0) is 31.1 Å². The van der Waals surface area contributed by atoms with Crippen molar-refractivity contribution < 1.29 is 14.2 Å². The summed E-state index contributed by atoms with van der Waals surface area (Å²) in [5.41, 5.74) is 1.01. The van der Waals surface area contributed by atoms with Crippen molar-refractivity contribution in [3.63, 3.8) is 0 Å². The molecule has 3 rings (SSSR count). The van der Waals surface area contributed by atoms with E-state index in [1.807, 2.05) is 31.2 Å². The van der Waals surface area contributed by atoms with Crippen LogP contribution in [0.1, 0.15) is 17.5 Å². The zero-order chi connectivity index (χ0) is 23.4. The summed E-state index contributed by atoms with van der Waals surface area (Å²) in [5, 5.41) is 9.15. The van der Waals surface area contributed by atoms with Gasteiger partial charge in [-0.25, -0.2) is 9.18 Å². The Morgan fingerprint density at radius 3 is 2.47 bits per heavy atom. The largest absolute Gasteiger partial charge is 0.422 e. The smallest absolute Gasteiger partial charge is 0.332 e. The normalized spacial score (nSPS) is 12.0. The maximum Gasteiger partial charge on any atom is 0.332 e. The average Bonchev–Trinajstić information content (AvgIpc) is 3.15. The van der Waals surface area contributed by atoms with Gasteiger partial charge in [-0.3, -0.25) is 18.5 Å². The van der Waals surface area contributed by atoms with Gasteiger partial charge >= 0.3 is 11.7 Å². The number of hydrogen-bond acceptors (Lipinski definition) is 5. The Balaban J connectivity index is 2.30. The minimum absolute atomic E-state index is 0.0484. The van der Waals surface area contributed by atoms with Crippen molar-refractivity contribution in [2.24, 2.45) is 7.05 Å². The van der Waals surface area contributed by atoms with Crippen LogP contribution in [0.25, 0.3) is 11.2 Å². The van der Waals surface area contributed by atoms with Gasteiger partial charge in [-0.1, -0.05) is 43.0 Å². The fraction of sp³-hybridized carbons (Fsp3) is 0.261. The van der Waals surface area contributed by atoms with E-state index >= 15 is 0 Å². The number of aliphatic hydroxyl groups excluding tert-OH is 1. The van der Waals surface area contributed by atoms with Crippen LogP contribution in [-0.2, 0) is 20.1 Å². The van der Waals surface area contributed by atoms with Gasteiger partial charge < -0.3 is 9.84 Å². The maximum absolute atomic E-state index is 14.2. The third-order valence-corrected chi connectivity index (χ3v) is 5.00. The van der Waals surface area contributed by atoms with Crippen molar-refractivity contribution in [2.75, 3.05) is 6.61 Å². The molecule has 8 nitrogen and oxygen atoms in total. The molecule has 2 aromatic heterocycles. The average molecular weight is 440 g/mol. The van der Waals surface area contributed by atoms with Crippen molar-refractivity contribution in [1.82, 2.24) is 18.7 Å². The van der Waals surface area contributed by atoms with Gasteiger partial charge in [0.25, 0.3) is 5.56 Å². The molecule has 0 aliphatic carbocycles. The quantitative estimate of drug-likeness (QED) is 0.408. The topological polar surface area (TPSA) is 91.3 Å². The summed E-state index contributed by atoms with van der Waals surface area (Å²) in [6.07, 6.45) is 2.39. The van der Waals surface area contributed by atoms with Crippen LogP contribution in [0.4, 0.5) is 4.39 Å². The number of aromatic nitrogens is 4. The summed E-state index contributed by atoms with van der Waals surface area (Å²) in [6.45, 7) is 8.97. The molecule has 0 unspecified atom stereocenters. The molecule has 3 aromatic rings. The highest BCUT2D eigenvalue weighted by atomic mass is 19.1. The summed E-state index contributed by atoms with van der Waals surface area (Å²) in [7, 11) is 1.49. The second kappa shape index (κ2) is 9.61. The number of nitrogens with zero attached hydrogens (tertiary/aromatic N) is 4. The maximum atomic E-state index is 14.2. The predicted molar refractivity (Wildman–Crippen MR) is 120 cm³/mol. The first-order valence-corrected chi connectivity index (χ1v) is 10.0. The van der Waals surface area contributed by atoms with Crippen LogP contribution < -0.4 is 16.0 Å². The minimum atomic E-state index is -0.747. The van der Waals surface area contributed by atoms with E-state index in [-0.39, 0.29) is 49.1 Å². The van der Waals surface area contributed by atoms with E-state index in [1.165, 1.54) is 22.3 Å². The molecule has 1 aromatic carbocycles. The van der Waals surface area contributed by atoms with Gasteiger partial charge in [0.15, 0.2) is 22.7 Å². The Bertz CT molecular complexity index is 1310. The van der Waals surface area contributed by atoms with Crippen LogP contribution in [0.5, 0.6) is 6.01 Å². The van der Waals surface area contributed by atoms with Gasteiger partial charge in [0.2, 0.25) is 0 Å². The fourth-order valence-electron chi connectivity index (χ4n) is 3.27. The highest BCUT2D eigenvalue weighted by molar-refractivity contribution is 5.72. The number of aliphatic hydroxyl groups is 1. The lowest BCUT2D eigenvalue weighted by atomic mass is 10.1. The first-order chi connectivity index (χ1) is 15.3. The number of hydrogen-bond donors (Lipinski definition) is 1. The Kier molecular flexibility index (Phi) is 6.89. The molecule has 0 saturated heterocycles. The number of benzene rings is 1. The number of halogens is 1. The Labute approximate surface area is 183 Å². The summed E-state index contributed by atoms with van der Waals surface area (Å²) >= 11 is 0. The number of imidazole rings is 1. The summed E-state index contributed by atoms with van der Waals surface area (Å²) < 4.78 is 23.6. The van der Waals surface area contributed by atoms with Crippen LogP contribution in [0.2, 0.25) is 0 Å². The van der Waals surface area contributed by atoms with Gasteiger partial charge in [0.1, 0.15) is 0 Å². The molecule has 0 spiro atoms. The summed E-state index contributed by atoms with van der Waals surface area (Å²) in [6, 6.07) is 7.57. The molecule has 0 amide bonds. The van der Waals surface area contributed by atoms with Crippen molar-refractivity contribution in [2.45, 2.75) is 26.4 Å². The van der Waals surface area contributed by atoms with Crippen molar-refractivity contribution in [3.8, 4) is 6.01 Å². The molecule has 32 heavy (non-hydrogen) atoms. The van der Waals surface area contributed by atoms with Crippen molar-refractivity contribution in [1.29, 1.82) is 0 Å². The van der Waals surface area contributed by atoms with Crippen LogP contribution in [0.15, 0.2) is 70.8 Å².